The van der Waals surface area contributed by atoms with Gasteiger partial charge in [0.2, 0.25) is 0 Å². The number of rotatable bonds is 3. The minimum atomic E-state index is 0.506. The summed E-state index contributed by atoms with van der Waals surface area (Å²) in [5.41, 5.74) is 1.41. The van der Waals surface area contributed by atoms with E-state index in [-0.39, 0.29) is 0 Å². The first-order valence-corrected chi connectivity index (χ1v) is 5.98. The SMILES string of the molecule is c1ccn2c(CNc3ccc4nnnn4n3)nnc2c1. The van der Waals surface area contributed by atoms with Crippen molar-refractivity contribution in [3.63, 3.8) is 0 Å². The van der Waals surface area contributed by atoms with Crippen molar-refractivity contribution < 1.29 is 0 Å². The molecule has 4 rings (SSSR count). The molecule has 9 heteroatoms. The third-order valence-electron chi connectivity index (χ3n) is 2.88. The average Bonchev–Trinajstić information content (AvgIpc) is 3.11. The van der Waals surface area contributed by atoms with Gasteiger partial charge in [-0.1, -0.05) is 6.07 Å². The van der Waals surface area contributed by atoms with Crippen LogP contribution in [0.15, 0.2) is 36.5 Å². The summed E-state index contributed by atoms with van der Waals surface area (Å²) < 4.78 is 3.28. The number of anilines is 1. The van der Waals surface area contributed by atoms with Crippen molar-refractivity contribution in [2.75, 3.05) is 5.32 Å². The zero-order valence-electron chi connectivity index (χ0n) is 10.2. The van der Waals surface area contributed by atoms with Crippen LogP contribution in [0.3, 0.4) is 0 Å². The zero-order chi connectivity index (χ0) is 13.4. The molecule has 4 heterocycles. The Bertz CT molecular complexity index is 878. The van der Waals surface area contributed by atoms with Crippen molar-refractivity contribution in [3.05, 3.63) is 42.4 Å². The van der Waals surface area contributed by atoms with Crippen LogP contribution in [0.25, 0.3) is 11.3 Å². The van der Waals surface area contributed by atoms with E-state index in [4.69, 9.17) is 0 Å². The third-order valence-corrected chi connectivity index (χ3v) is 2.88. The number of tetrazole rings is 1. The van der Waals surface area contributed by atoms with Gasteiger partial charge in [-0.25, -0.2) is 0 Å². The van der Waals surface area contributed by atoms with E-state index in [1.54, 1.807) is 6.07 Å². The number of nitrogens with one attached hydrogen (secondary N) is 1. The molecule has 0 aliphatic carbocycles. The van der Waals surface area contributed by atoms with Gasteiger partial charge in [-0.05, 0) is 34.7 Å². The van der Waals surface area contributed by atoms with Crippen LogP contribution in [0.2, 0.25) is 0 Å². The Morgan fingerprint density at radius 2 is 2.00 bits per heavy atom. The summed E-state index contributed by atoms with van der Waals surface area (Å²) in [6, 6.07) is 9.37. The first-order chi connectivity index (χ1) is 9.90. The molecule has 0 fully saturated rings. The van der Waals surface area contributed by atoms with E-state index in [0.717, 1.165) is 11.5 Å². The lowest BCUT2D eigenvalue weighted by Gasteiger charge is -2.03. The molecule has 0 bridgehead atoms. The van der Waals surface area contributed by atoms with E-state index in [0.29, 0.717) is 18.0 Å². The Hall–Kier alpha value is -3.10. The smallest absolute Gasteiger partial charge is 0.200 e. The highest BCUT2D eigenvalue weighted by molar-refractivity contribution is 5.43. The first kappa shape index (κ1) is 10.8. The first-order valence-electron chi connectivity index (χ1n) is 5.98. The molecule has 98 valence electrons. The Kier molecular flexibility index (Phi) is 2.28. The number of pyridine rings is 1. The molecule has 4 aromatic rings. The van der Waals surface area contributed by atoms with Crippen LogP contribution < -0.4 is 5.32 Å². The van der Waals surface area contributed by atoms with E-state index >= 15 is 0 Å². The third kappa shape index (κ3) is 1.72. The van der Waals surface area contributed by atoms with Gasteiger partial charge in [0.1, 0.15) is 5.82 Å². The molecule has 9 nitrogen and oxygen atoms in total. The lowest BCUT2D eigenvalue weighted by Crippen LogP contribution is -2.07. The monoisotopic (exact) mass is 267 g/mol. The molecule has 0 aromatic carbocycles. The summed E-state index contributed by atoms with van der Waals surface area (Å²) in [5.74, 6) is 1.47. The molecule has 20 heavy (non-hydrogen) atoms. The number of hydrogen-bond acceptors (Lipinski definition) is 7. The molecular weight excluding hydrogens is 258 g/mol. The Morgan fingerprint density at radius 3 is 3.00 bits per heavy atom. The molecule has 0 saturated carbocycles. The highest BCUT2D eigenvalue weighted by Crippen LogP contribution is 2.07. The van der Waals surface area contributed by atoms with Gasteiger partial charge in [0.25, 0.3) is 0 Å². The van der Waals surface area contributed by atoms with Crippen molar-refractivity contribution >= 4 is 17.1 Å². The topological polar surface area (TPSA) is 98.2 Å². The standard InChI is InChI=1S/C11H9N9/c1-2-6-19-9(3-1)13-14-11(19)7-12-8-4-5-10-15-17-18-20(10)16-8/h1-6H,7H2,(H,12,16). The van der Waals surface area contributed by atoms with E-state index < -0.39 is 0 Å². The highest BCUT2D eigenvalue weighted by Gasteiger charge is 2.05. The second-order valence-corrected chi connectivity index (χ2v) is 4.14. The van der Waals surface area contributed by atoms with Crippen LogP contribution in [0.4, 0.5) is 5.82 Å². The predicted molar refractivity (Wildman–Crippen MR) is 68.9 cm³/mol. The van der Waals surface area contributed by atoms with Crippen molar-refractivity contribution in [3.8, 4) is 0 Å². The fourth-order valence-electron chi connectivity index (χ4n) is 1.92. The van der Waals surface area contributed by atoms with E-state index in [1.165, 1.54) is 4.63 Å². The normalized spacial score (nSPS) is 11.2. The average molecular weight is 267 g/mol. The molecule has 4 aromatic heterocycles. The zero-order valence-corrected chi connectivity index (χ0v) is 10.2. The van der Waals surface area contributed by atoms with Crippen molar-refractivity contribution in [2.24, 2.45) is 0 Å². The molecule has 0 aliphatic heterocycles. The summed E-state index contributed by atoms with van der Waals surface area (Å²) in [7, 11) is 0. The van der Waals surface area contributed by atoms with Crippen LogP contribution in [-0.2, 0) is 6.54 Å². The number of hydrogen-bond donors (Lipinski definition) is 1. The van der Waals surface area contributed by atoms with Crippen LogP contribution in [0.1, 0.15) is 5.82 Å². The Labute approximate surface area is 112 Å². The van der Waals surface area contributed by atoms with Gasteiger partial charge in [-0.15, -0.1) is 25.0 Å². The molecule has 0 spiro atoms. The van der Waals surface area contributed by atoms with E-state index in [1.807, 2.05) is 34.9 Å². The highest BCUT2D eigenvalue weighted by atomic mass is 15.6. The van der Waals surface area contributed by atoms with Gasteiger partial charge in [0.15, 0.2) is 17.1 Å². The Balaban J connectivity index is 1.60. The van der Waals surface area contributed by atoms with E-state index in [2.05, 4.69) is 36.1 Å². The van der Waals surface area contributed by atoms with Crippen LogP contribution >= 0.6 is 0 Å². The van der Waals surface area contributed by atoms with Crippen molar-refractivity contribution in [2.45, 2.75) is 6.54 Å². The van der Waals surface area contributed by atoms with Gasteiger partial charge < -0.3 is 5.32 Å². The fraction of sp³-hybridized carbons (Fsp3) is 0.0909. The summed E-state index contributed by atoms with van der Waals surface area (Å²) in [6.45, 7) is 0.506. The summed E-state index contributed by atoms with van der Waals surface area (Å²) in [6.07, 6.45) is 1.92. The molecule has 1 N–H and O–H groups in total. The molecule has 0 radical (unpaired) electrons. The molecular formula is C11H9N9. The van der Waals surface area contributed by atoms with Crippen molar-refractivity contribution in [1.82, 2.24) is 39.9 Å². The maximum atomic E-state index is 4.23. The number of aromatic nitrogens is 8. The fourth-order valence-corrected chi connectivity index (χ4v) is 1.92. The second-order valence-electron chi connectivity index (χ2n) is 4.14. The lowest BCUT2D eigenvalue weighted by molar-refractivity contribution is 0.732. The molecule has 0 aliphatic rings. The van der Waals surface area contributed by atoms with Crippen molar-refractivity contribution in [1.29, 1.82) is 0 Å². The van der Waals surface area contributed by atoms with Crippen LogP contribution in [-0.4, -0.2) is 39.9 Å². The predicted octanol–water partition coefficient (Wildman–Crippen LogP) is 0.174. The van der Waals surface area contributed by atoms with Gasteiger partial charge >= 0.3 is 0 Å². The van der Waals surface area contributed by atoms with Crippen LogP contribution in [0.5, 0.6) is 0 Å². The molecule has 0 amide bonds. The van der Waals surface area contributed by atoms with Gasteiger partial charge in [-0.3, -0.25) is 4.40 Å². The largest absolute Gasteiger partial charge is 0.361 e. The lowest BCUT2D eigenvalue weighted by atomic mass is 10.4. The maximum absolute atomic E-state index is 4.23. The molecule has 0 atom stereocenters. The molecule has 0 saturated heterocycles. The van der Waals surface area contributed by atoms with Gasteiger partial charge in [0, 0.05) is 6.20 Å². The quantitative estimate of drug-likeness (QED) is 0.565. The van der Waals surface area contributed by atoms with E-state index in [9.17, 15) is 0 Å². The Morgan fingerprint density at radius 1 is 1.00 bits per heavy atom. The summed E-state index contributed by atoms with van der Waals surface area (Å²) >= 11 is 0. The summed E-state index contributed by atoms with van der Waals surface area (Å²) in [5, 5.41) is 26.7. The minimum absolute atomic E-state index is 0.506. The van der Waals surface area contributed by atoms with Crippen LogP contribution in [0, 0.1) is 0 Å². The number of fused-ring (bicyclic) bond motifs is 2. The maximum Gasteiger partial charge on any atom is 0.200 e. The minimum Gasteiger partial charge on any atom is -0.361 e. The summed E-state index contributed by atoms with van der Waals surface area (Å²) in [4.78, 5) is 0. The number of nitrogens with zero attached hydrogens (tertiary/aromatic N) is 8. The molecule has 0 unspecified atom stereocenters. The second kappa shape index (κ2) is 4.23. The van der Waals surface area contributed by atoms with Gasteiger partial charge in [0.05, 0.1) is 6.54 Å². The van der Waals surface area contributed by atoms with Gasteiger partial charge in [-0.2, -0.15) is 0 Å².